The minimum atomic E-state index is -0.773. The predicted molar refractivity (Wildman–Crippen MR) is 270 cm³/mol. The maximum absolute atomic E-state index is 12.3. The van der Waals surface area contributed by atoms with Gasteiger partial charge in [0.1, 0.15) is 6.61 Å². The maximum Gasteiger partial charge on any atom is 0.306 e. The summed E-state index contributed by atoms with van der Waals surface area (Å²) in [7, 11) is 0. The number of allylic oxidation sites excluding steroid dienone is 4. The number of aliphatic hydroxyl groups excluding tert-OH is 1. The molecule has 0 aromatic rings. The van der Waals surface area contributed by atoms with Crippen LogP contribution in [0.4, 0.5) is 0 Å². The van der Waals surface area contributed by atoms with E-state index in [1.807, 2.05) is 0 Å². The molecule has 0 fully saturated rings. The SMILES string of the molecule is CCCCC/C=C\C/C=C\CCCCCCCCCC(=O)OC(CO)COC(=O)CCCCCCCCCCCCCCCCCCCCCCCCCCCCCCCCC. The molecule has 0 heterocycles. The molecule has 0 rings (SSSR count). The lowest BCUT2D eigenvalue weighted by Gasteiger charge is -2.15. The maximum atomic E-state index is 12.3. The summed E-state index contributed by atoms with van der Waals surface area (Å²) in [5.74, 6) is -0.583. The van der Waals surface area contributed by atoms with Crippen molar-refractivity contribution in [1.82, 2.24) is 0 Å². The molecule has 5 nitrogen and oxygen atoms in total. The zero-order valence-corrected chi connectivity index (χ0v) is 41.9. The Morgan fingerprint density at radius 3 is 0.984 bits per heavy atom. The second-order valence-electron chi connectivity index (χ2n) is 19.0. The first kappa shape index (κ1) is 60.4. The highest BCUT2D eigenvalue weighted by Gasteiger charge is 2.16. The Morgan fingerprint density at radius 2 is 0.645 bits per heavy atom. The van der Waals surface area contributed by atoms with Crippen molar-refractivity contribution in [1.29, 1.82) is 0 Å². The van der Waals surface area contributed by atoms with Gasteiger partial charge >= 0.3 is 11.9 Å². The molecule has 0 saturated carbocycles. The monoisotopic (exact) mass is 873 g/mol. The summed E-state index contributed by atoms with van der Waals surface area (Å²) in [6.45, 7) is 4.15. The number of hydrogen-bond acceptors (Lipinski definition) is 5. The van der Waals surface area contributed by atoms with Crippen molar-refractivity contribution in [3.63, 3.8) is 0 Å². The molecule has 1 N–H and O–H groups in total. The van der Waals surface area contributed by atoms with Crippen LogP contribution in [0.3, 0.4) is 0 Å². The number of rotatable bonds is 52. The number of hydrogen-bond donors (Lipinski definition) is 1. The summed E-state index contributed by atoms with van der Waals surface area (Å²) < 4.78 is 10.7. The molecule has 0 saturated heterocycles. The van der Waals surface area contributed by atoms with Crippen LogP contribution in [0.1, 0.15) is 309 Å². The topological polar surface area (TPSA) is 72.8 Å². The molecule has 62 heavy (non-hydrogen) atoms. The predicted octanol–water partition coefficient (Wildman–Crippen LogP) is 18.5. The van der Waals surface area contributed by atoms with E-state index in [1.165, 1.54) is 238 Å². The number of esters is 2. The number of unbranched alkanes of at least 4 members (excludes halogenated alkanes) is 40. The van der Waals surface area contributed by atoms with E-state index in [4.69, 9.17) is 9.47 Å². The standard InChI is InChI=1S/C57H108O5/c1-3-5-7-9-11-13-15-17-19-21-22-23-24-25-26-27-28-29-30-31-32-33-34-36-37-39-41-43-45-47-49-51-56(59)61-54-55(53-58)62-57(60)52-50-48-46-44-42-40-38-35-20-18-16-14-12-10-8-6-4-2/h12,14,18,20,55,58H,3-11,13,15-17,19,21-54H2,1-2H3/b14-12-,20-18-. The van der Waals surface area contributed by atoms with Crippen molar-refractivity contribution in [2.75, 3.05) is 13.2 Å². The Balaban J connectivity index is 3.40. The van der Waals surface area contributed by atoms with Gasteiger partial charge in [-0.2, -0.15) is 0 Å². The van der Waals surface area contributed by atoms with Crippen molar-refractivity contribution in [2.45, 2.75) is 315 Å². The zero-order chi connectivity index (χ0) is 44.9. The first-order chi connectivity index (χ1) is 30.6. The van der Waals surface area contributed by atoms with Crippen molar-refractivity contribution < 1.29 is 24.2 Å². The molecule has 5 heteroatoms. The molecule has 0 radical (unpaired) electrons. The highest BCUT2D eigenvalue weighted by atomic mass is 16.6. The lowest BCUT2D eigenvalue weighted by atomic mass is 10.0. The van der Waals surface area contributed by atoms with Crippen molar-refractivity contribution in [2.24, 2.45) is 0 Å². The minimum absolute atomic E-state index is 0.0639. The van der Waals surface area contributed by atoms with Gasteiger partial charge in [-0.05, 0) is 44.9 Å². The van der Waals surface area contributed by atoms with Crippen molar-refractivity contribution in [3.05, 3.63) is 24.3 Å². The lowest BCUT2D eigenvalue weighted by molar-refractivity contribution is -0.161. The lowest BCUT2D eigenvalue weighted by Crippen LogP contribution is -2.28. The molecular weight excluding hydrogens is 765 g/mol. The van der Waals surface area contributed by atoms with E-state index in [-0.39, 0.29) is 25.2 Å². The smallest absolute Gasteiger partial charge is 0.306 e. The molecule has 0 aromatic carbocycles. The molecule has 0 aliphatic rings. The van der Waals surface area contributed by atoms with Gasteiger partial charge in [0.05, 0.1) is 6.61 Å². The zero-order valence-electron chi connectivity index (χ0n) is 41.9. The average molecular weight is 873 g/mol. The van der Waals surface area contributed by atoms with Crippen LogP contribution in [-0.4, -0.2) is 36.4 Å². The Bertz CT molecular complexity index is 943. The summed E-state index contributed by atoms with van der Waals surface area (Å²) in [6.07, 6.45) is 67.3. The number of aliphatic hydroxyl groups is 1. The summed E-state index contributed by atoms with van der Waals surface area (Å²) in [5, 5.41) is 9.63. The van der Waals surface area contributed by atoms with Gasteiger partial charge in [-0.3, -0.25) is 9.59 Å². The van der Waals surface area contributed by atoms with Gasteiger partial charge in [0.15, 0.2) is 6.10 Å². The first-order valence-corrected chi connectivity index (χ1v) is 27.9. The molecular formula is C57H108O5. The van der Waals surface area contributed by atoms with Gasteiger partial charge in [0.2, 0.25) is 0 Å². The third-order valence-electron chi connectivity index (χ3n) is 12.7. The summed E-state index contributed by atoms with van der Waals surface area (Å²) in [4.78, 5) is 24.5. The van der Waals surface area contributed by atoms with Crippen LogP contribution in [0.5, 0.6) is 0 Å². The van der Waals surface area contributed by atoms with Crippen LogP contribution < -0.4 is 0 Å². The quantitative estimate of drug-likeness (QED) is 0.0374. The Hall–Kier alpha value is -1.62. The molecule has 0 aliphatic carbocycles. The third-order valence-corrected chi connectivity index (χ3v) is 12.7. The van der Waals surface area contributed by atoms with Gasteiger partial charge in [0.25, 0.3) is 0 Å². The number of ether oxygens (including phenoxy) is 2. The van der Waals surface area contributed by atoms with Crippen LogP contribution >= 0.6 is 0 Å². The van der Waals surface area contributed by atoms with Crippen LogP contribution in [-0.2, 0) is 19.1 Å². The van der Waals surface area contributed by atoms with E-state index in [0.29, 0.717) is 12.8 Å². The molecule has 0 amide bonds. The Kier molecular flexibility index (Phi) is 52.3. The highest BCUT2D eigenvalue weighted by molar-refractivity contribution is 5.70. The Labute approximate surface area is 387 Å². The molecule has 1 atom stereocenters. The van der Waals surface area contributed by atoms with E-state index in [0.717, 1.165) is 44.9 Å². The number of carbonyl (C=O) groups excluding carboxylic acids is 2. The second kappa shape index (κ2) is 53.7. The second-order valence-corrected chi connectivity index (χ2v) is 19.0. The van der Waals surface area contributed by atoms with E-state index in [1.54, 1.807) is 0 Å². The van der Waals surface area contributed by atoms with Crippen LogP contribution in [0.25, 0.3) is 0 Å². The minimum Gasteiger partial charge on any atom is -0.462 e. The summed E-state index contributed by atoms with van der Waals surface area (Å²) in [5.41, 5.74) is 0. The van der Waals surface area contributed by atoms with E-state index in [9.17, 15) is 14.7 Å². The van der Waals surface area contributed by atoms with Crippen LogP contribution in [0.15, 0.2) is 24.3 Å². The normalized spacial score (nSPS) is 12.2. The highest BCUT2D eigenvalue weighted by Crippen LogP contribution is 2.18. The average Bonchev–Trinajstić information content (AvgIpc) is 3.28. The van der Waals surface area contributed by atoms with Crippen molar-refractivity contribution >= 4 is 11.9 Å². The van der Waals surface area contributed by atoms with E-state index < -0.39 is 6.10 Å². The third kappa shape index (κ3) is 51.0. The molecule has 0 aliphatic heterocycles. The number of carbonyl (C=O) groups is 2. The van der Waals surface area contributed by atoms with Gasteiger partial charge in [-0.15, -0.1) is 0 Å². The first-order valence-electron chi connectivity index (χ1n) is 27.9. The fourth-order valence-corrected chi connectivity index (χ4v) is 8.53. The van der Waals surface area contributed by atoms with Gasteiger partial charge in [-0.1, -0.05) is 276 Å². The molecule has 1 unspecified atom stereocenters. The molecule has 0 bridgehead atoms. The van der Waals surface area contributed by atoms with Gasteiger partial charge < -0.3 is 14.6 Å². The van der Waals surface area contributed by atoms with E-state index >= 15 is 0 Å². The van der Waals surface area contributed by atoms with Crippen molar-refractivity contribution in [3.8, 4) is 0 Å². The molecule has 366 valence electrons. The summed E-state index contributed by atoms with van der Waals surface area (Å²) >= 11 is 0. The van der Waals surface area contributed by atoms with Gasteiger partial charge in [0, 0.05) is 12.8 Å². The van der Waals surface area contributed by atoms with Crippen LogP contribution in [0.2, 0.25) is 0 Å². The van der Waals surface area contributed by atoms with Gasteiger partial charge in [-0.25, -0.2) is 0 Å². The molecule has 0 aromatic heterocycles. The summed E-state index contributed by atoms with van der Waals surface area (Å²) in [6, 6.07) is 0. The van der Waals surface area contributed by atoms with E-state index in [2.05, 4.69) is 38.2 Å². The molecule has 0 spiro atoms. The largest absolute Gasteiger partial charge is 0.462 e. The Morgan fingerprint density at radius 1 is 0.371 bits per heavy atom. The van der Waals surface area contributed by atoms with Crippen LogP contribution in [0, 0.1) is 0 Å². The fraction of sp³-hybridized carbons (Fsp3) is 0.895. The fourth-order valence-electron chi connectivity index (χ4n) is 8.53.